The van der Waals surface area contributed by atoms with Gasteiger partial charge in [-0.15, -0.1) is 0 Å². The van der Waals surface area contributed by atoms with Crippen molar-refractivity contribution in [3.05, 3.63) is 325 Å². The van der Waals surface area contributed by atoms with Gasteiger partial charge in [-0.05, 0) is 156 Å². The Labute approximate surface area is 637 Å². The molecule has 5 atom stereocenters. The van der Waals surface area contributed by atoms with E-state index in [1.54, 1.807) is 80.0 Å². The van der Waals surface area contributed by atoms with Gasteiger partial charge in [0.2, 0.25) is 0 Å². The summed E-state index contributed by atoms with van der Waals surface area (Å²) in [5, 5.41) is 17.7. The summed E-state index contributed by atoms with van der Waals surface area (Å²) in [6.45, 7) is 10.8. The van der Waals surface area contributed by atoms with Crippen LogP contribution in [0.4, 0.5) is 8.78 Å². The first-order valence-electron chi connectivity index (χ1n) is 35.3. The standard InChI is InChI=1S/C19H22N2O.C16H15Cl2N3O.C16H15ClFN3O.C16H16FN3O.C15H16N4O/c1-14-7-6-10-17(15(14)2)18(21-19-20-11-12-22-19)13-16-8-4-3-5-9-16;2*17-13-3-1-2-12(15(13)18)14(21-16-20-8-9-22-16)10-11-4-6-19-7-5-11;17-14-3-1-2-13(11-14)15(20-16-19-8-9-21-16)10-12-4-6-18-7-5-12;1-2-4-12(5-3-1)14(19-15-18-8-9-20-15)10-13-11-16-6-7-17-13/h3-10,18H,11-13H2,1-2H3,(H,20,21);2*1-7,14H,8-10H2,(H,20,21);1-7,11,15H,8-10H2,(H,19,20);1-7,11,14H,8-10H2,(H,18,19). The Bertz CT molecular complexity index is 4280. The third-order valence-electron chi connectivity index (χ3n) is 17.5. The fraction of sp³-hybridized carbons (Fsp3) is 0.268. The van der Waals surface area contributed by atoms with Crippen LogP contribution in [0.25, 0.3) is 0 Å². The van der Waals surface area contributed by atoms with Gasteiger partial charge in [0, 0.05) is 67.8 Å². The van der Waals surface area contributed by atoms with Crippen LogP contribution in [0.2, 0.25) is 15.1 Å². The summed E-state index contributed by atoms with van der Waals surface area (Å²) in [6, 6.07) is 58.6. The van der Waals surface area contributed by atoms with Crippen LogP contribution in [-0.2, 0) is 55.8 Å². The molecule has 4 aromatic heterocycles. The molecule has 9 heterocycles. The molecule has 0 radical (unpaired) electrons. The quantitative estimate of drug-likeness (QED) is 0.0477. The Balaban J connectivity index is 0.000000133. The Morgan fingerprint density at radius 2 is 0.757 bits per heavy atom. The van der Waals surface area contributed by atoms with Crippen molar-refractivity contribution < 1.29 is 32.5 Å². The molecule has 5 N–H and O–H groups in total. The van der Waals surface area contributed by atoms with Gasteiger partial charge in [-0.25, -0.2) is 33.7 Å². The smallest absolute Gasteiger partial charge is 0.285 e. The number of rotatable bonds is 20. The largest absolute Gasteiger partial charge is 0.463 e. The van der Waals surface area contributed by atoms with Gasteiger partial charge in [0.25, 0.3) is 30.1 Å². The van der Waals surface area contributed by atoms with Crippen molar-refractivity contribution in [3.63, 3.8) is 0 Å². The number of nitrogens with zero attached hydrogens (tertiary/aromatic N) is 10. The van der Waals surface area contributed by atoms with Crippen molar-refractivity contribution in [2.45, 2.75) is 76.2 Å². The molecule has 10 aromatic rings. The number of benzene rings is 6. The molecular weight excluding hydrogens is 1420 g/mol. The van der Waals surface area contributed by atoms with Crippen LogP contribution < -0.4 is 26.6 Å². The SMILES string of the molecule is Cc1cccc(C(Cc2ccccc2)NC2=NCCO2)c1C.Clc1cccc(C(Cc2ccncc2)NC2=NCCO2)c1Cl.Fc1c(Cl)cccc1C(Cc1ccncc1)NC1=NCCO1.Fc1cccc(C(Cc2ccncc2)NC2=NCCO2)c1.c1ccc(C(Cc2cnccn2)NC2=NCCO2)cc1. The first-order valence-corrected chi connectivity index (χ1v) is 36.5. The van der Waals surface area contributed by atoms with E-state index >= 15 is 0 Å². The van der Waals surface area contributed by atoms with E-state index in [2.05, 4.69) is 145 Å². The predicted octanol–water partition coefficient (Wildman–Crippen LogP) is 14.6. The molecule has 5 aliphatic heterocycles. The predicted molar refractivity (Wildman–Crippen MR) is 417 cm³/mol. The molecule has 25 heteroatoms. The summed E-state index contributed by atoms with van der Waals surface area (Å²) < 4.78 is 55.1. The van der Waals surface area contributed by atoms with Crippen molar-refractivity contribution in [2.24, 2.45) is 25.0 Å². The highest BCUT2D eigenvalue weighted by Gasteiger charge is 2.25. The highest BCUT2D eigenvalue weighted by atomic mass is 35.5. The first-order chi connectivity index (χ1) is 52.4. The Morgan fingerprint density at radius 3 is 1.22 bits per heavy atom. The Morgan fingerprint density at radius 1 is 0.364 bits per heavy atom. The van der Waals surface area contributed by atoms with E-state index < -0.39 is 5.82 Å². The molecule has 0 bridgehead atoms. The first kappa shape index (κ1) is 77.0. The third kappa shape index (κ3) is 24.2. The molecule has 552 valence electrons. The maximum atomic E-state index is 14.4. The number of amidine groups is 5. The molecule has 0 fully saturated rings. The lowest BCUT2D eigenvalue weighted by molar-refractivity contribution is 0.324. The van der Waals surface area contributed by atoms with Crippen molar-refractivity contribution in [1.82, 2.24) is 51.5 Å². The summed E-state index contributed by atoms with van der Waals surface area (Å²) in [6.07, 6.45) is 19.3. The minimum absolute atomic E-state index is 0.0738. The summed E-state index contributed by atoms with van der Waals surface area (Å²) >= 11 is 18.4. The van der Waals surface area contributed by atoms with E-state index in [9.17, 15) is 8.78 Å². The average molecular weight is 1500 g/mol. The second-order valence-electron chi connectivity index (χ2n) is 25.0. The summed E-state index contributed by atoms with van der Waals surface area (Å²) in [5.41, 5.74) is 12.9. The molecular formula is C82H84Cl3F2N15O5. The minimum Gasteiger partial charge on any atom is -0.463 e. The molecule has 0 amide bonds. The van der Waals surface area contributed by atoms with Crippen molar-refractivity contribution in [1.29, 1.82) is 0 Å². The maximum absolute atomic E-state index is 14.4. The summed E-state index contributed by atoms with van der Waals surface area (Å²) in [4.78, 5) is 41.9. The van der Waals surface area contributed by atoms with Gasteiger partial charge in [-0.3, -0.25) is 24.9 Å². The summed E-state index contributed by atoms with van der Waals surface area (Å²) in [5.74, 6) is -0.669. The molecule has 0 spiro atoms. The number of aliphatic imine (C=N–C) groups is 5. The number of ether oxygens (including phenoxy) is 5. The van der Waals surface area contributed by atoms with Gasteiger partial charge in [-0.1, -0.05) is 150 Å². The van der Waals surface area contributed by atoms with Gasteiger partial charge in [0.1, 0.15) is 44.7 Å². The van der Waals surface area contributed by atoms with Crippen LogP contribution in [0, 0.1) is 25.5 Å². The molecule has 20 nitrogen and oxygen atoms in total. The average Bonchev–Trinajstić information content (AvgIpc) is 1.61. The molecule has 6 aromatic carbocycles. The fourth-order valence-corrected chi connectivity index (χ4v) is 12.6. The lowest BCUT2D eigenvalue weighted by Gasteiger charge is -2.22. The van der Waals surface area contributed by atoms with Crippen molar-refractivity contribution in [3.8, 4) is 0 Å². The topological polar surface area (TPSA) is 233 Å². The van der Waals surface area contributed by atoms with E-state index in [4.69, 9.17) is 58.5 Å². The maximum Gasteiger partial charge on any atom is 0.285 e. The van der Waals surface area contributed by atoms with Crippen LogP contribution in [0.15, 0.2) is 257 Å². The monoisotopic (exact) mass is 1500 g/mol. The van der Waals surface area contributed by atoms with Crippen molar-refractivity contribution >= 4 is 64.9 Å². The number of halogens is 5. The normalized spacial score (nSPS) is 15.1. The van der Waals surface area contributed by atoms with Gasteiger partial charge in [0.15, 0.2) is 0 Å². The lowest BCUT2D eigenvalue weighted by Crippen LogP contribution is -2.30. The van der Waals surface area contributed by atoms with Gasteiger partial charge in [-0.2, -0.15) is 0 Å². The Hall–Kier alpha value is -11.1. The molecule has 0 saturated carbocycles. The lowest BCUT2D eigenvalue weighted by atomic mass is 9.93. The number of nitrogens with one attached hydrogen (secondary N) is 5. The van der Waals surface area contributed by atoms with Crippen LogP contribution in [-0.4, -0.2) is 121 Å². The number of pyridine rings is 3. The minimum atomic E-state index is -0.422. The second-order valence-corrected chi connectivity index (χ2v) is 26.2. The van der Waals surface area contributed by atoms with Gasteiger partial charge >= 0.3 is 0 Å². The molecule has 0 aliphatic carbocycles. The fourth-order valence-electron chi connectivity index (χ4n) is 12.0. The van der Waals surface area contributed by atoms with E-state index in [1.807, 2.05) is 78.9 Å². The summed E-state index contributed by atoms with van der Waals surface area (Å²) in [7, 11) is 0. The highest BCUT2D eigenvalue weighted by molar-refractivity contribution is 6.42. The zero-order valence-electron chi connectivity index (χ0n) is 59.3. The molecule has 0 saturated heterocycles. The van der Waals surface area contributed by atoms with E-state index in [0.29, 0.717) is 111 Å². The highest BCUT2D eigenvalue weighted by Crippen LogP contribution is 2.33. The number of hydrogen-bond donors (Lipinski definition) is 5. The molecule has 107 heavy (non-hydrogen) atoms. The van der Waals surface area contributed by atoms with Gasteiger partial charge < -0.3 is 50.3 Å². The molecule has 15 rings (SSSR count). The molecule has 5 unspecified atom stereocenters. The third-order valence-corrected chi connectivity index (χ3v) is 18.6. The zero-order valence-corrected chi connectivity index (χ0v) is 61.6. The van der Waals surface area contributed by atoms with Crippen LogP contribution >= 0.6 is 34.8 Å². The van der Waals surface area contributed by atoms with E-state index in [-0.39, 0.29) is 41.0 Å². The molecule has 5 aliphatic rings. The zero-order chi connectivity index (χ0) is 74.2. The number of aryl methyl sites for hydroxylation is 1. The van der Waals surface area contributed by atoms with E-state index in [0.717, 1.165) is 65.9 Å². The number of aromatic nitrogens is 5. The van der Waals surface area contributed by atoms with E-state index in [1.165, 1.54) is 46.0 Å². The van der Waals surface area contributed by atoms with Crippen molar-refractivity contribution in [2.75, 3.05) is 65.8 Å². The van der Waals surface area contributed by atoms with Crippen LogP contribution in [0.3, 0.4) is 0 Å². The van der Waals surface area contributed by atoms with Crippen LogP contribution in [0.5, 0.6) is 0 Å². The second kappa shape index (κ2) is 41.0. The number of hydrogen-bond acceptors (Lipinski definition) is 20. The van der Waals surface area contributed by atoms with Crippen LogP contribution in [0.1, 0.15) is 97.1 Å². The van der Waals surface area contributed by atoms with Gasteiger partial charge in [0.05, 0.1) is 83.7 Å². The Kier molecular flexibility index (Phi) is 29.5.